The summed E-state index contributed by atoms with van der Waals surface area (Å²) >= 11 is 0. The maximum atomic E-state index is 6.32. The molecule has 2 nitrogen and oxygen atoms in total. The Bertz CT molecular complexity index is 716. The standard InChI is InChI=1S/C20H20N2/c1-15-7-8-19(14-22-15)17-9-11-18(12-10-17)20(21)13-16-5-3-2-4-6-16/h2-12,14,20H,13,21H2,1H3. The molecule has 1 atom stereocenters. The molecule has 3 rings (SSSR count). The zero-order chi connectivity index (χ0) is 15.4. The van der Waals surface area contributed by atoms with E-state index in [0.29, 0.717) is 0 Å². The van der Waals surface area contributed by atoms with Crippen molar-refractivity contribution in [3.63, 3.8) is 0 Å². The Labute approximate surface area is 131 Å². The van der Waals surface area contributed by atoms with Crippen molar-refractivity contribution in [1.29, 1.82) is 0 Å². The van der Waals surface area contributed by atoms with E-state index in [9.17, 15) is 0 Å². The summed E-state index contributed by atoms with van der Waals surface area (Å²) in [7, 11) is 0. The molecule has 1 unspecified atom stereocenters. The first kappa shape index (κ1) is 14.5. The van der Waals surface area contributed by atoms with Crippen LogP contribution in [-0.4, -0.2) is 4.98 Å². The van der Waals surface area contributed by atoms with Crippen LogP contribution in [0.5, 0.6) is 0 Å². The highest BCUT2D eigenvalue weighted by molar-refractivity contribution is 5.62. The predicted octanol–water partition coefficient (Wildman–Crippen LogP) is 4.30. The summed E-state index contributed by atoms with van der Waals surface area (Å²) in [5.74, 6) is 0. The van der Waals surface area contributed by atoms with Crippen molar-refractivity contribution in [3.8, 4) is 11.1 Å². The lowest BCUT2D eigenvalue weighted by molar-refractivity contribution is 0.722. The minimum absolute atomic E-state index is 0.0209. The van der Waals surface area contributed by atoms with Crippen molar-refractivity contribution in [2.24, 2.45) is 5.73 Å². The molecule has 2 N–H and O–H groups in total. The van der Waals surface area contributed by atoms with Gasteiger partial charge in [-0.25, -0.2) is 0 Å². The number of rotatable bonds is 4. The molecule has 0 aliphatic heterocycles. The second kappa shape index (κ2) is 6.54. The van der Waals surface area contributed by atoms with Crippen LogP contribution in [0.3, 0.4) is 0 Å². The van der Waals surface area contributed by atoms with E-state index in [0.717, 1.165) is 23.2 Å². The molecule has 0 fully saturated rings. The lowest BCUT2D eigenvalue weighted by Gasteiger charge is -2.13. The molecule has 22 heavy (non-hydrogen) atoms. The third-order valence-electron chi connectivity index (χ3n) is 3.88. The van der Waals surface area contributed by atoms with Crippen LogP contribution in [0.15, 0.2) is 72.9 Å². The molecule has 0 radical (unpaired) electrons. The number of hydrogen-bond acceptors (Lipinski definition) is 2. The highest BCUT2D eigenvalue weighted by Crippen LogP contribution is 2.22. The Balaban J connectivity index is 1.75. The molecule has 0 spiro atoms. The first-order valence-electron chi connectivity index (χ1n) is 7.55. The summed E-state index contributed by atoms with van der Waals surface area (Å²) in [6.45, 7) is 2.00. The van der Waals surface area contributed by atoms with E-state index in [1.54, 1.807) is 0 Å². The third kappa shape index (κ3) is 3.41. The molecule has 1 heterocycles. The number of nitrogens with two attached hydrogens (primary N) is 1. The van der Waals surface area contributed by atoms with Gasteiger partial charge in [0.05, 0.1) is 0 Å². The van der Waals surface area contributed by atoms with Crippen LogP contribution in [0.25, 0.3) is 11.1 Å². The molecule has 0 bridgehead atoms. The van der Waals surface area contributed by atoms with Gasteiger partial charge in [-0.15, -0.1) is 0 Å². The van der Waals surface area contributed by atoms with Crippen LogP contribution in [0.2, 0.25) is 0 Å². The van der Waals surface area contributed by atoms with Crippen LogP contribution in [0.4, 0.5) is 0 Å². The number of hydrogen-bond donors (Lipinski definition) is 1. The van der Waals surface area contributed by atoms with E-state index in [4.69, 9.17) is 5.73 Å². The van der Waals surface area contributed by atoms with Gasteiger partial charge in [0, 0.05) is 23.5 Å². The van der Waals surface area contributed by atoms with Crippen LogP contribution >= 0.6 is 0 Å². The van der Waals surface area contributed by atoms with Crippen molar-refractivity contribution in [2.75, 3.05) is 0 Å². The topological polar surface area (TPSA) is 38.9 Å². The van der Waals surface area contributed by atoms with Crippen molar-refractivity contribution < 1.29 is 0 Å². The molecule has 110 valence electrons. The number of benzene rings is 2. The monoisotopic (exact) mass is 288 g/mol. The van der Waals surface area contributed by atoms with E-state index in [1.807, 2.05) is 25.3 Å². The third-order valence-corrected chi connectivity index (χ3v) is 3.88. The van der Waals surface area contributed by atoms with E-state index in [2.05, 4.69) is 59.6 Å². The van der Waals surface area contributed by atoms with E-state index >= 15 is 0 Å². The highest BCUT2D eigenvalue weighted by atomic mass is 14.7. The lowest BCUT2D eigenvalue weighted by Crippen LogP contribution is -2.13. The number of aryl methyl sites for hydroxylation is 1. The van der Waals surface area contributed by atoms with Gasteiger partial charge in [-0.2, -0.15) is 0 Å². The van der Waals surface area contributed by atoms with Crippen molar-refractivity contribution >= 4 is 0 Å². The largest absolute Gasteiger partial charge is 0.324 e. The van der Waals surface area contributed by atoms with Gasteiger partial charge < -0.3 is 5.73 Å². The molecule has 0 aliphatic rings. The smallest absolute Gasteiger partial charge is 0.0373 e. The molecular weight excluding hydrogens is 268 g/mol. The molecule has 0 aliphatic carbocycles. The Morgan fingerprint density at radius 3 is 2.18 bits per heavy atom. The molecule has 0 saturated carbocycles. The second-order valence-corrected chi connectivity index (χ2v) is 5.61. The summed E-state index contributed by atoms with van der Waals surface area (Å²) < 4.78 is 0. The molecular formula is C20H20N2. The van der Waals surface area contributed by atoms with Gasteiger partial charge in [-0.05, 0) is 36.1 Å². The maximum Gasteiger partial charge on any atom is 0.0373 e. The average Bonchev–Trinajstić information content (AvgIpc) is 2.57. The zero-order valence-corrected chi connectivity index (χ0v) is 12.7. The zero-order valence-electron chi connectivity index (χ0n) is 12.7. The van der Waals surface area contributed by atoms with E-state index in [-0.39, 0.29) is 6.04 Å². The van der Waals surface area contributed by atoms with Crippen LogP contribution in [-0.2, 0) is 6.42 Å². The van der Waals surface area contributed by atoms with Crippen molar-refractivity contribution in [2.45, 2.75) is 19.4 Å². The fraction of sp³-hybridized carbons (Fsp3) is 0.150. The molecule has 2 aromatic carbocycles. The first-order valence-corrected chi connectivity index (χ1v) is 7.55. The SMILES string of the molecule is Cc1ccc(-c2ccc(C(N)Cc3ccccc3)cc2)cn1. The Morgan fingerprint density at radius 1 is 0.864 bits per heavy atom. The molecule has 3 aromatic rings. The van der Waals surface area contributed by atoms with Crippen molar-refractivity contribution in [1.82, 2.24) is 4.98 Å². The van der Waals surface area contributed by atoms with Gasteiger partial charge in [0.15, 0.2) is 0 Å². The highest BCUT2D eigenvalue weighted by Gasteiger charge is 2.07. The molecule has 0 amide bonds. The number of nitrogens with zero attached hydrogens (tertiary/aromatic N) is 1. The molecule has 2 heteroatoms. The van der Waals surface area contributed by atoms with Crippen molar-refractivity contribution in [3.05, 3.63) is 89.7 Å². The number of aromatic nitrogens is 1. The minimum atomic E-state index is 0.0209. The second-order valence-electron chi connectivity index (χ2n) is 5.61. The normalized spacial score (nSPS) is 12.1. The maximum absolute atomic E-state index is 6.32. The Kier molecular flexibility index (Phi) is 4.31. The summed E-state index contributed by atoms with van der Waals surface area (Å²) in [5, 5.41) is 0. The summed E-state index contributed by atoms with van der Waals surface area (Å²) in [5.41, 5.74) is 12.1. The van der Waals surface area contributed by atoms with Gasteiger partial charge in [0.25, 0.3) is 0 Å². The summed E-state index contributed by atoms with van der Waals surface area (Å²) in [6.07, 6.45) is 2.76. The first-order chi connectivity index (χ1) is 10.7. The molecule has 1 aromatic heterocycles. The quantitative estimate of drug-likeness (QED) is 0.777. The predicted molar refractivity (Wildman–Crippen MR) is 91.5 cm³/mol. The van der Waals surface area contributed by atoms with Gasteiger partial charge in [-0.1, -0.05) is 60.7 Å². The van der Waals surface area contributed by atoms with Crippen LogP contribution in [0, 0.1) is 6.92 Å². The van der Waals surface area contributed by atoms with Crippen LogP contribution < -0.4 is 5.73 Å². The minimum Gasteiger partial charge on any atom is -0.324 e. The Hall–Kier alpha value is -2.45. The van der Waals surface area contributed by atoms with E-state index in [1.165, 1.54) is 11.1 Å². The van der Waals surface area contributed by atoms with Gasteiger partial charge in [0.1, 0.15) is 0 Å². The molecule has 0 saturated heterocycles. The summed E-state index contributed by atoms with van der Waals surface area (Å²) in [4.78, 5) is 4.34. The van der Waals surface area contributed by atoms with Gasteiger partial charge in [-0.3, -0.25) is 4.98 Å². The van der Waals surface area contributed by atoms with Crippen LogP contribution in [0.1, 0.15) is 22.9 Å². The summed E-state index contributed by atoms with van der Waals surface area (Å²) in [6, 6.07) is 23.0. The fourth-order valence-electron chi connectivity index (χ4n) is 2.55. The Morgan fingerprint density at radius 2 is 1.55 bits per heavy atom. The number of pyridine rings is 1. The average molecular weight is 288 g/mol. The van der Waals surface area contributed by atoms with Gasteiger partial charge >= 0.3 is 0 Å². The fourth-order valence-corrected chi connectivity index (χ4v) is 2.55. The van der Waals surface area contributed by atoms with E-state index < -0.39 is 0 Å². The van der Waals surface area contributed by atoms with Gasteiger partial charge in [0.2, 0.25) is 0 Å². The lowest BCUT2D eigenvalue weighted by atomic mass is 9.97.